The molecule has 18 heavy (non-hydrogen) atoms. The van der Waals surface area contributed by atoms with Crippen LogP contribution in [-0.4, -0.2) is 40.4 Å². The van der Waals surface area contributed by atoms with E-state index in [4.69, 9.17) is 7.53 Å². The molecule has 2 nitrogen and oxygen atoms in total. The van der Waals surface area contributed by atoms with Gasteiger partial charge in [-0.3, -0.25) is 0 Å². The second kappa shape index (κ2) is 7.70. The van der Waals surface area contributed by atoms with Gasteiger partial charge >= 0.3 is 121 Å². The summed E-state index contributed by atoms with van der Waals surface area (Å²) in [6.45, 7) is 13.2. The Balaban J connectivity index is 4.32. The van der Waals surface area contributed by atoms with Gasteiger partial charge in [-0.1, -0.05) is 0 Å². The molecule has 0 spiro atoms. The third-order valence-corrected chi connectivity index (χ3v) is 15.4. The predicted molar refractivity (Wildman–Crippen MR) is 86.2 cm³/mol. The zero-order chi connectivity index (χ0) is 14.4. The molecule has 0 atom stereocenters. The van der Waals surface area contributed by atoms with Crippen LogP contribution in [0.5, 0.6) is 0 Å². The number of rotatable bonds is 9. The summed E-state index contributed by atoms with van der Waals surface area (Å²) in [7, 11) is 0. The fourth-order valence-electron chi connectivity index (χ4n) is 1.86. The molecule has 0 amide bonds. The Hall–Kier alpha value is 1.01. The molecule has 0 aromatic carbocycles. The van der Waals surface area contributed by atoms with E-state index in [2.05, 4.69) is 51.9 Å². The van der Waals surface area contributed by atoms with Gasteiger partial charge in [0.1, 0.15) is 0 Å². The quantitative estimate of drug-likeness (QED) is 0.531. The third-order valence-electron chi connectivity index (χ3n) is 3.60. The SMILES string of the molecule is C[CH2][Ge]([CH2]C)([CH2]C)[O]CC(C)(C)C[O][Ge]([CH3])([CH3])[CH3]. The average Bonchev–Trinajstić information content (AvgIpc) is 2.29. The van der Waals surface area contributed by atoms with Crippen molar-refractivity contribution >= 4 is 27.2 Å². The van der Waals surface area contributed by atoms with Gasteiger partial charge in [0.2, 0.25) is 0 Å². The maximum absolute atomic E-state index is 6.44. The summed E-state index contributed by atoms with van der Waals surface area (Å²) >= 11 is -3.85. The van der Waals surface area contributed by atoms with E-state index < -0.39 is 27.2 Å². The fourth-order valence-corrected chi connectivity index (χ4v) is 9.48. The molecule has 0 saturated heterocycles. The molecule has 0 fully saturated rings. The summed E-state index contributed by atoms with van der Waals surface area (Å²) in [6.07, 6.45) is 0. The molecule has 4 heteroatoms. The van der Waals surface area contributed by atoms with Crippen LogP contribution in [0.25, 0.3) is 0 Å². The second-order valence-electron chi connectivity index (χ2n) is 7.10. The van der Waals surface area contributed by atoms with Crippen molar-refractivity contribution in [3.63, 3.8) is 0 Å². The van der Waals surface area contributed by atoms with Crippen molar-refractivity contribution in [2.75, 3.05) is 13.2 Å². The molecule has 0 aromatic heterocycles. The Morgan fingerprint density at radius 1 is 0.778 bits per heavy atom. The zero-order valence-corrected chi connectivity index (χ0v) is 18.0. The molecule has 0 rings (SSSR count). The van der Waals surface area contributed by atoms with Gasteiger partial charge in [0.25, 0.3) is 0 Å². The van der Waals surface area contributed by atoms with Crippen molar-refractivity contribution in [2.24, 2.45) is 5.41 Å². The van der Waals surface area contributed by atoms with Crippen molar-refractivity contribution in [1.29, 1.82) is 0 Å². The van der Waals surface area contributed by atoms with Gasteiger partial charge in [0.15, 0.2) is 0 Å². The molecule has 0 aliphatic rings. The van der Waals surface area contributed by atoms with Gasteiger partial charge in [-0.2, -0.15) is 0 Å². The Labute approximate surface area is 121 Å². The summed E-state index contributed by atoms with van der Waals surface area (Å²) in [5.41, 5.74) is 0.161. The standard InChI is InChI=1S/C14H34Ge2O2/c1-9-16(10-2,11-3)18-13-14(4,5)12-17-15(6,7)8/h9-13H2,1-8H3. The van der Waals surface area contributed by atoms with E-state index >= 15 is 0 Å². The van der Waals surface area contributed by atoms with Gasteiger partial charge in [0.05, 0.1) is 0 Å². The molecule has 110 valence electrons. The van der Waals surface area contributed by atoms with E-state index in [0.29, 0.717) is 0 Å². The van der Waals surface area contributed by atoms with E-state index in [1.165, 1.54) is 15.8 Å². The van der Waals surface area contributed by atoms with Gasteiger partial charge in [-0.25, -0.2) is 0 Å². The van der Waals surface area contributed by atoms with Crippen LogP contribution in [0.2, 0.25) is 33.0 Å². The molecule has 0 saturated carbocycles. The van der Waals surface area contributed by atoms with Crippen molar-refractivity contribution in [2.45, 2.75) is 67.6 Å². The van der Waals surface area contributed by atoms with Crippen molar-refractivity contribution in [1.82, 2.24) is 0 Å². The van der Waals surface area contributed by atoms with Crippen LogP contribution >= 0.6 is 0 Å². The first-order valence-electron chi connectivity index (χ1n) is 7.37. The molecule has 0 aromatic rings. The Bertz CT molecular complexity index is 222. The molecular weight excluding hydrogens is 345 g/mol. The summed E-state index contributed by atoms with van der Waals surface area (Å²) in [4.78, 5) is 0. The predicted octanol–water partition coefficient (Wildman–Crippen LogP) is 4.89. The van der Waals surface area contributed by atoms with Crippen LogP contribution in [0, 0.1) is 5.41 Å². The maximum atomic E-state index is 6.44. The van der Waals surface area contributed by atoms with Gasteiger partial charge < -0.3 is 0 Å². The van der Waals surface area contributed by atoms with Crippen LogP contribution in [0.15, 0.2) is 0 Å². The topological polar surface area (TPSA) is 18.5 Å². The molecule has 0 aliphatic carbocycles. The second-order valence-corrected chi connectivity index (χ2v) is 26.6. The van der Waals surface area contributed by atoms with E-state index in [1.54, 1.807) is 0 Å². The average molecular weight is 380 g/mol. The minimum absolute atomic E-state index is 0.161. The Morgan fingerprint density at radius 2 is 1.17 bits per heavy atom. The summed E-state index contributed by atoms with van der Waals surface area (Å²) in [5.74, 6) is 6.88. The summed E-state index contributed by atoms with van der Waals surface area (Å²) < 4.78 is 12.5. The Morgan fingerprint density at radius 3 is 1.50 bits per heavy atom. The molecule has 0 aliphatic heterocycles. The first kappa shape index (κ1) is 19.0. The van der Waals surface area contributed by atoms with Crippen molar-refractivity contribution in [3.8, 4) is 0 Å². The summed E-state index contributed by atoms with van der Waals surface area (Å²) in [6, 6.07) is 0. The molecule has 0 heterocycles. The number of hydrogen-bond donors (Lipinski definition) is 0. The van der Waals surface area contributed by atoms with Crippen LogP contribution in [-0.2, 0) is 7.53 Å². The van der Waals surface area contributed by atoms with Gasteiger partial charge in [-0.15, -0.1) is 0 Å². The number of hydrogen-bond acceptors (Lipinski definition) is 2. The molecule has 0 bridgehead atoms. The van der Waals surface area contributed by atoms with Crippen molar-refractivity contribution < 1.29 is 7.53 Å². The van der Waals surface area contributed by atoms with E-state index in [-0.39, 0.29) is 5.41 Å². The van der Waals surface area contributed by atoms with Crippen molar-refractivity contribution in [3.05, 3.63) is 0 Å². The van der Waals surface area contributed by atoms with E-state index in [1.807, 2.05) is 0 Å². The molecule has 0 N–H and O–H groups in total. The van der Waals surface area contributed by atoms with Crippen LogP contribution in [0.4, 0.5) is 0 Å². The first-order chi connectivity index (χ1) is 8.10. The van der Waals surface area contributed by atoms with Crippen LogP contribution in [0.3, 0.4) is 0 Å². The zero-order valence-electron chi connectivity index (χ0n) is 13.9. The third kappa shape index (κ3) is 7.56. The normalized spacial score (nSPS) is 14.0. The van der Waals surface area contributed by atoms with E-state index in [0.717, 1.165) is 13.2 Å². The summed E-state index contributed by atoms with van der Waals surface area (Å²) in [5, 5.41) is 3.84. The Kier molecular flexibility index (Phi) is 8.13. The molecule has 0 radical (unpaired) electrons. The molecule has 0 unspecified atom stereocenters. The van der Waals surface area contributed by atoms with Gasteiger partial charge in [-0.05, 0) is 0 Å². The van der Waals surface area contributed by atoms with Crippen LogP contribution in [0.1, 0.15) is 34.6 Å². The molecular formula is C14H34Ge2O2. The van der Waals surface area contributed by atoms with Gasteiger partial charge in [0, 0.05) is 0 Å². The monoisotopic (exact) mass is 382 g/mol. The minimum atomic E-state index is -1.97. The van der Waals surface area contributed by atoms with E-state index in [9.17, 15) is 0 Å². The fraction of sp³-hybridized carbons (Fsp3) is 1.00. The van der Waals surface area contributed by atoms with Crippen LogP contribution < -0.4 is 0 Å². The first-order valence-corrected chi connectivity index (χ1v) is 19.8.